The van der Waals surface area contributed by atoms with Gasteiger partial charge in [0.05, 0.1) is 5.69 Å². The van der Waals surface area contributed by atoms with Gasteiger partial charge in [0.25, 0.3) is 0 Å². The van der Waals surface area contributed by atoms with Crippen LogP contribution in [0.2, 0.25) is 0 Å². The van der Waals surface area contributed by atoms with Crippen LogP contribution in [-0.4, -0.2) is 18.6 Å². The minimum Gasteiger partial charge on any atom is -0.426 e. The van der Waals surface area contributed by atoms with Gasteiger partial charge in [-0.15, -0.1) is 0 Å². The lowest BCUT2D eigenvalue weighted by atomic mass is 10.3. The molecule has 0 aliphatic heterocycles. The molecule has 0 radical (unpaired) electrons. The second-order valence-corrected chi connectivity index (χ2v) is 3.15. The molecular weight excluding hydrogens is 261 g/mol. The number of nitrogens with two attached hydrogens (primary N) is 1. The van der Waals surface area contributed by atoms with E-state index in [0.29, 0.717) is 0 Å². The standard InChI is InChI=1S/C9H8F5N3O/c10-8(11,12)9(13,14)18-7-3-1-6(2-4-7)17(16)5-15/h1-5,15H,16H2. The molecule has 0 aliphatic carbocycles. The van der Waals surface area contributed by atoms with Gasteiger partial charge < -0.3 is 4.74 Å². The molecule has 18 heavy (non-hydrogen) atoms. The summed E-state index contributed by atoms with van der Waals surface area (Å²) in [6, 6.07) is 4.04. The number of hydrogen-bond donors (Lipinski definition) is 2. The van der Waals surface area contributed by atoms with Crippen molar-refractivity contribution in [3.8, 4) is 5.75 Å². The van der Waals surface area contributed by atoms with Crippen LogP contribution in [0.15, 0.2) is 24.3 Å². The Morgan fingerprint density at radius 2 is 1.61 bits per heavy atom. The zero-order valence-corrected chi connectivity index (χ0v) is 8.71. The topological polar surface area (TPSA) is 62.3 Å². The molecule has 0 bridgehead atoms. The third-order valence-corrected chi connectivity index (χ3v) is 1.85. The first-order chi connectivity index (χ1) is 8.17. The molecule has 0 fully saturated rings. The van der Waals surface area contributed by atoms with E-state index in [4.69, 9.17) is 11.3 Å². The first-order valence-corrected chi connectivity index (χ1v) is 4.45. The molecule has 0 heterocycles. The Balaban J connectivity index is 2.85. The molecule has 0 aliphatic rings. The molecular formula is C9H8F5N3O. The van der Waals surface area contributed by atoms with Gasteiger partial charge in [-0.25, -0.2) is 5.84 Å². The van der Waals surface area contributed by atoms with Crippen LogP contribution in [-0.2, 0) is 0 Å². The first kappa shape index (κ1) is 14.2. The van der Waals surface area contributed by atoms with E-state index >= 15 is 0 Å². The van der Waals surface area contributed by atoms with E-state index in [9.17, 15) is 22.0 Å². The normalized spacial score (nSPS) is 12.1. The summed E-state index contributed by atoms with van der Waals surface area (Å²) in [6.07, 6.45) is -10.3. The number of hydrogen-bond acceptors (Lipinski definition) is 3. The van der Waals surface area contributed by atoms with Crippen LogP contribution >= 0.6 is 0 Å². The highest BCUT2D eigenvalue weighted by molar-refractivity contribution is 5.75. The van der Waals surface area contributed by atoms with Crippen molar-refractivity contribution < 1.29 is 26.7 Å². The van der Waals surface area contributed by atoms with Crippen LogP contribution in [0.1, 0.15) is 0 Å². The van der Waals surface area contributed by atoms with Crippen molar-refractivity contribution in [2.24, 2.45) is 5.84 Å². The average Bonchev–Trinajstić information content (AvgIpc) is 2.27. The van der Waals surface area contributed by atoms with Gasteiger partial charge in [0.1, 0.15) is 12.1 Å². The van der Waals surface area contributed by atoms with Crippen LogP contribution in [0, 0.1) is 5.41 Å². The van der Waals surface area contributed by atoms with E-state index in [1.54, 1.807) is 0 Å². The average molecular weight is 269 g/mol. The highest BCUT2D eigenvalue weighted by atomic mass is 19.4. The summed E-state index contributed by atoms with van der Waals surface area (Å²) in [4.78, 5) is 0. The van der Waals surface area contributed by atoms with Gasteiger partial charge in [0, 0.05) is 0 Å². The maximum absolute atomic E-state index is 12.5. The fraction of sp³-hybridized carbons (Fsp3) is 0.222. The molecule has 0 saturated carbocycles. The van der Waals surface area contributed by atoms with Gasteiger partial charge >= 0.3 is 12.3 Å². The quantitative estimate of drug-likeness (QED) is 0.290. The number of anilines is 1. The number of ether oxygens (including phenoxy) is 1. The van der Waals surface area contributed by atoms with Crippen LogP contribution in [0.25, 0.3) is 0 Å². The first-order valence-electron chi connectivity index (χ1n) is 4.45. The summed E-state index contributed by atoms with van der Waals surface area (Å²) >= 11 is 0. The third kappa shape index (κ3) is 3.06. The Bertz CT molecular complexity index is 417. The molecule has 0 amide bonds. The number of nitrogens with zero attached hydrogens (tertiary/aromatic N) is 1. The Kier molecular flexibility index (Phi) is 3.75. The highest BCUT2D eigenvalue weighted by Gasteiger charge is 2.61. The molecule has 1 rings (SSSR count). The van der Waals surface area contributed by atoms with Gasteiger partial charge in [-0.3, -0.25) is 10.4 Å². The largest absolute Gasteiger partial charge is 0.499 e. The van der Waals surface area contributed by atoms with Gasteiger partial charge in [-0.05, 0) is 24.3 Å². The summed E-state index contributed by atoms with van der Waals surface area (Å²) in [5.41, 5.74) is 0.229. The molecule has 0 unspecified atom stereocenters. The van der Waals surface area contributed by atoms with Crippen LogP contribution < -0.4 is 15.6 Å². The minimum atomic E-state index is -5.79. The van der Waals surface area contributed by atoms with E-state index in [1.807, 2.05) is 0 Å². The third-order valence-electron chi connectivity index (χ3n) is 1.85. The molecule has 0 atom stereocenters. The predicted octanol–water partition coefficient (Wildman–Crippen LogP) is 2.51. The number of halogens is 5. The van der Waals surface area contributed by atoms with E-state index in [1.165, 1.54) is 0 Å². The molecule has 4 nitrogen and oxygen atoms in total. The van der Waals surface area contributed by atoms with Gasteiger partial charge in [0.15, 0.2) is 0 Å². The molecule has 0 saturated heterocycles. The second kappa shape index (κ2) is 4.77. The lowest BCUT2D eigenvalue weighted by Crippen LogP contribution is -2.41. The van der Waals surface area contributed by atoms with E-state index in [0.717, 1.165) is 35.6 Å². The SMILES string of the molecule is N=CN(N)c1ccc(OC(F)(F)C(F)(F)F)cc1. The summed E-state index contributed by atoms with van der Waals surface area (Å²) in [5, 5.41) is 7.64. The lowest BCUT2D eigenvalue weighted by Gasteiger charge is -2.20. The molecule has 3 N–H and O–H groups in total. The number of nitrogens with one attached hydrogen (secondary N) is 1. The molecule has 0 aromatic heterocycles. The van der Waals surface area contributed by atoms with Crippen molar-refractivity contribution in [1.82, 2.24) is 0 Å². The summed E-state index contributed by atoms with van der Waals surface area (Å²) < 4.78 is 64.2. The van der Waals surface area contributed by atoms with Crippen LogP contribution in [0.5, 0.6) is 5.75 Å². The van der Waals surface area contributed by atoms with Crippen LogP contribution in [0.3, 0.4) is 0 Å². The number of benzene rings is 1. The lowest BCUT2D eigenvalue weighted by molar-refractivity contribution is -0.360. The predicted molar refractivity (Wildman–Crippen MR) is 53.5 cm³/mol. The number of alkyl halides is 5. The maximum atomic E-state index is 12.5. The van der Waals surface area contributed by atoms with Gasteiger partial charge in [0.2, 0.25) is 0 Å². The van der Waals surface area contributed by atoms with Crippen molar-refractivity contribution in [2.45, 2.75) is 12.3 Å². The van der Waals surface area contributed by atoms with Crippen molar-refractivity contribution in [1.29, 1.82) is 5.41 Å². The van der Waals surface area contributed by atoms with Gasteiger partial charge in [-0.2, -0.15) is 22.0 Å². The summed E-state index contributed by atoms with van der Waals surface area (Å²) in [6.45, 7) is 0. The Morgan fingerprint density at radius 3 is 2.00 bits per heavy atom. The minimum absolute atomic E-state index is 0.229. The van der Waals surface area contributed by atoms with Crippen molar-refractivity contribution in [3.05, 3.63) is 24.3 Å². The fourth-order valence-corrected chi connectivity index (χ4v) is 0.967. The summed E-state index contributed by atoms with van der Waals surface area (Å²) in [5.74, 6) is 4.59. The Morgan fingerprint density at radius 1 is 1.11 bits per heavy atom. The molecule has 0 spiro atoms. The smallest absolute Gasteiger partial charge is 0.426 e. The molecule has 100 valence electrons. The molecule has 1 aromatic rings. The zero-order valence-electron chi connectivity index (χ0n) is 8.71. The maximum Gasteiger partial charge on any atom is 0.499 e. The Labute approximate surface area is 98.2 Å². The highest BCUT2D eigenvalue weighted by Crippen LogP contribution is 2.37. The van der Waals surface area contributed by atoms with Crippen molar-refractivity contribution in [3.63, 3.8) is 0 Å². The zero-order chi connectivity index (χ0) is 14.0. The second-order valence-electron chi connectivity index (χ2n) is 3.15. The van der Waals surface area contributed by atoms with E-state index in [2.05, 4.69) is 4.74 Å². The van der Waals surface area contributed by atoms with E-state index in [-0.39, 0.29) is 5.69 Å². The fourth-order valence-electron chi connectivity index (χ4n) is 0.967. The Hall–Kier alpha value is -1.90. The van der Waals surface area contributed by atoms with Gasteiger partial charge in [-0.1, -0.05) is 0 Å². The monoisotopic (exact) mass is 269 g/mol. The van der Waals surface area contributed by atoms with Crippen LogP contribution in [0.4, 0.5) is 27.6 Å². The van der Waals surface area contributed by atoms with Crippen molar-refractivity contribution >= 4 is 12.0 Å². The van der Waals surface area contributed by atoms with E-state index < -0.39 is 18.0 Å². The summed E-state index contributed by atoms with van der Waals surface area (Å²) in [7, 11) is 0. The molecule has 1 aromatic carbocycles. The number of hydrazine groups is 1. The molecule has 9 heteroatoms. The van der Waals surface area contributed by atoms with Crippen molar-refractivity contribution in [2.75, 3.05) is 5.01 Å². The number of rotatable bonds is 4.